The topological polar surface area (TPSA) is 68.8 Å². The Morgan fingerprint density at radius 3 is 2.59 bits per heavy atom. The number of aryl methyl sites for hydroxylation is 2. The summed E-state index contributed by atoms with van der Waals surface area (Å²) in [6, 6.07) is 10.4. The van der Waals surface area contributed by atoms with E-state index in [2.05, 4.69) is 46.2 Å². The minimum atomic E-state index is -0.164. The summed E-state index contributed by atoms with van der Waals surface area (Å²) in [4.78, 5) is 1.00. The van der Waals surface area contributed by atoms with Crippen molar-refractivity contribution in [2.24, 2.45) is 7.05 Å². The lowest BCUT2D eigenvalue weighted by molar-refractivity contribution is 0.269. The molecule has 0 bridgehead atoms. The number of aliphatic hydroxyl groups excluding tert-OH is 1. The van der Waals surface area contributed by atoms with Crippen LogP contribution in [0, 0.1) is 25.7 Å². The van der Waals surface area contributed by atoms with Crippen molar-refractivity contribution in [2.75, 3.05) is 0 Å². The molecule has 29 heavy (non-hydrogen) atoms. The van der Waals surface area contributed by atoms with Crippen molar-refractivity contribution in [2.45, 2.75) is 26.9 Å². The van der Waals surface area contributed by atoms with Crippen LogP contribution in [0.25, 0.3) is 5.00 Å². The maximum absolute atomic E-state index is 9.69. The number of aliphatic hydroxyl groups is 1. The summed E-state index contributed by atoms with van der Waals surface area (Å²) in [6.07, 6.45) is 4.45. The standard InChI is InChI=1S/C22H21N5OS/c1-15-19(11-17-7-5-4-6-8-17)20(10-9-18-12-23-26(3)13-18)29-22(15)27-16(2)24-25-21(27)14-28/h4-8,12-13,28H,11,14H2,1-3H3. The number of benzene rings is 1. The Kier molecular flexibility index (Phi) is 5.30. The molecule has 0 saturated heterocycles. The van der Waals surface area contributed by atoms with E-state index in [-0.39, 0.29) is 6.61 Å². The van der Waals surface area contributed by atoms with Gasteiger partial charge in [-0.2, -0.15) is 5.10 Å². The lowest BCUT2D eigenvalue weighted by atomic mass is 10.0. The van der Waals surface area contributed by atoms with E-state index in [0.717, 1.165) is 33.3 Å². The van der Waals surface area contributed by atoms with Gasteiger partial charge in [0.05, 0.1) is 16.6 Å². The Bertz CT molecular complexity index is 1210. The first kappa shape index (κ1) is 19.1. The van der Waals surface area contributed by atoms with Crippen LogP contribution in [0.5, 0.6) is 0 Å². The van der Waals surface area contributed by atoms with Gasteiger partial charge in [0.2, 0.25) is 0 Å². The van der Waals surface area contributed by atoms with Gasteiger partial charge in [-0.3, -0.25) is 9.25 Å². The predicted octanol–water partition coefficient (Wildman–Crippen LogP) is 3.16. The van der Waals surface area contributed by atoms with Crippen LogP contribution in [0.3, 0.4) is 0 Å². The van der Waals surface area contributed by atoms with Gasteiger partial charge in [0.15, 0.2) is 5.82 Å². The largest absolute Gasteiger partial charge is 0.388 e. The molecule has 0 spiro atoms. The zero-order chi connectivity index (χ0) is 20.4. The molecule has 146 valence electrons. The van der Waals surface area contributed by atoms with Crippen LogP contribution >= 0.6 is 11.3 Å². The van der Waals surface area contributed by atoms with E-state index in [1.807, 2.05) is 42.9 Å². The van der Waals surface area contributed by atoms with E-state index in [1.54, 1.807) is 22.2 Å². The number of rotatable bonds is 4. The van der Waals surface area contributed by atoms with E-state index in [0.29, 0.717) is 5.82 Å². The molecule has 0 fully saturated rings. The average molecular weight is 404 g/mol. The zero-order valence-corrected chi connectivity index (χ0v) is 17.4. The van der Waals surface area contributed by atoms with Gasteiger partial charge in [-0.15, -0.1) is 21.5 Å². The Balaban J connectivity index is 1.84. The quantitative estimate of drug-likeness (QED) is 0.532. The molecule has 0 atom stereocenters. The fourth-order valence-electron chi connectivity index (χ4n) is 3.25. The van der Waals surface area contributed by atoms with E-state index in [1.165, 1.54) is 11.1 Å². The van der Waals surface area contributed by atoms with Crippen molar-refractivity contribution in [1.29, 1.82) is 0 Å². The van der Waals surface area contributed by atoms with Gasteiger partial charge in [0.25, 0.3) is 0 Å². The molecule has 0 unspecified atom stereocenters. The highest BCUT2D eigenvalue weighted by molar-refractivity contribution is 7.15. The number of nitrogens with zero attached hydrogens (tertiary/aromatic N) is 5. The molecule has 1 aromatic carbocycles. The first-order valence-corrected chi connectivity index (χ1v) is 10.1. The van der Waals surface area contributed by atoms with E-state index in [4.69, 9.17) is 0 Å². The predicted molar refractivity (Wildman–Crippen MR) is 113 cm³/mol. The second-order valence-corrected chi connectivity index (χ2v) is 7.81. The first-order chi connectivity index (χ1) is 14.1. The fourth-order valence-corrected chi connectivity index (χ4v) is 4.50. The van der Waals surface area contributed by atoms with Crippen molar-refractivity contribution in [3.63, 3.8) is 0 Å². The maximum Gasteiger partial charge on any atom is 0.164 e. The monoisotopic (exact) mass is 403 g/mol. The van der Waals surface area contributed by atoms with Gasteiger partial charge >= 0.3 is 0 Å². The van der Waals surface area contributed by atoms with Gasteiger partial charge < -0.3 is 5.11 Å². The number of hydrogen-bond acceptors (Lipinski definition) is 5. The Morgan fingerprint density at radius 1 is 1.10 bits per heavy atom. The van der Waals surface area contributed by atoms with Crippen LogP contribution < -0.4 is 0 Å². The summed E-state index contributed by atoms with van der Waals surface area (Å²) in [5.74, 6) is 7.84. The molecule has 4 rings (SSSR count). The molecule has 0 aliphatic heterocycles. The lowest BCUT2D eigenvalue weighted by Crippen LogP contribution is -2.03. The second-order valence-electron chi connectivity index (χ2n) is 6.81. The zero-order valence-electron chi connectivity index (χ0n) is 16.5. The minimum Gasteiger partial charge on any atom is -0.388 e. The van der Waals surface area contributed by atoms with Crippen molar-refractivity contribution in [3.8, 4) is 16.8 Å². The molecule has 0 radical (unpaired) electrons. The third-order valence-corrected chi connectivity index (χ3v) is 5.97. The van der Waals surface area contributed by atoms with E-state index in [9.17, 15) is 5.11 Å². The molecule has 7 heteroatoms. The van der Waals surface area contributed by atoms with Gasteiger partial charge in [-0.05, 0) is 37.0 Å². The van der Waals surface area contributed by atoms with Gasteiger partial charge in [-0.25, -0.2) is 0 Å². The van der Waals surface area contributed by atoms with Crippen LogP contribution in [0.15, 0.2) is 42.7 Å². The molecular weight excluding hydrogens is 382 g/mol. The van der Waals surface area contributed by atoms with Crippen LogP contribution in [-0.2, 0) is 20.1 Å². The summed E-state index contributed by atoms with van der Waals surface area (Å²) >= 11 is 1.60. The maximum atomic E-state index is 9.69. The first-order valence-electron chi connectivity index (χ1n) is 9.25. The number of hydrogen-bond donors (Lipinski definition) is 1. The highest BCUT2D eigenvalue weighted by Gasteiger charge is 2.20. The highest BCUT2D eigenvalue weighted by Crippen LogP contribution is 2.34. The lowest BCUT2D eigenvalue weighted by Gasteiger charge is -2.07. The van der Waals surface area contributed by atoms with Crippen molar-refractivity contribution in [1.82, 2.24) is 24.5 Å². The third kappa shape index (κ3) is 3.86. The normalized spacial score (nSPS) is 10.8. The average Bonchev–Trinajstić information content (AvgIpc) is 3.39. The van der Waals surface area contributed by atoms with E-state index < -0.39 is 0 Å². The molecule has 0 amide bonds. The Morgan fingerprint density at radius 2 is 1.90 bits per heavy atom. The molecule has 4 aromatic rings. The van der Waals surface area contributed by atoms with Gasteiger partial charge in [-0.1, -0.05) is 42.2 Å². The van der Waals surface area contributed by atoms with Crippen LogP contribution in [0.4, 0.5) is 0 Å². The number of thiophene rings is 1. The minimum absolute atomic E-state index is 0.164. The van der Waals surface area contributed by atoms with E-state index >= 15 is 0 Å². The SMILES string of the molecule is Cc1c(-n2c(C)nnc2CO)sc(C#Cc2cnn(C)c2)c1Cc1ccccc1. The van der Waals surface area contributed by atoms with Gasteiger partial charge in [0.1, 0.15) is 17.4 Å². The molecule has 0 saturated carbocycles. The number of aromatic nitrogens is 5. The molecular formula is C22H21N5OS. The summed E-state index contributed by atoms with van der Waals surface area (Å²) in [5, 5.41) is 23.1. The summed E-state index contributed by atoms with van der Waals surface area (Å²) in [7, 11) is 1.88. The molecule has 6 nitrogen and oxygen atoms in total. The summed E-state index contributed by atoms with van der Waals surface area (Å²) < 4.78 is 3.66. The summed E-state index contributed by atoms with van der Waals surface area (Å²) in [6.45, 7) is 3.83. The highest BCUT2D eigenvalue weighted by atomic mass is 32.1. The van der Waals surface area contributed by atoms with Crippen LogP contribution in [0.1, 0.15) is 38.8 Å². The van der Waals surface area contributed by atoms with Crippen LogP contribution in [-0.4, -0.2) is 29.7 Å². The second kappa shape index (κ2) is 8.03. The van der Waals surface area contributed by atoms with Crippen LogP contribution in [0.2, 0.25) is 0 Å². The fraction of sp³-hybridized carbons (Fsp3) is 0.227. The van der Waals surface area contributed by atoms with Gasteiger partial charge in [0, 0.05) is 13.2 Å². The Hall–Kier alpha value is -3.21. The molecule has 3 aromatic heterocycles. The molecule has 0 aliphatic rings. The van der Waals surface area contributed by atoms with Crippen molar-refractivity contribution >= 4 is 11.3 Å². The third-order valence-electron chi connectivity index (χ3n) is 4.73. The van der Waals surface area contributed by atoms with Crippen molar-refractivity contribution < 1.29 is 5.11 Å². The molecule has 1 N–H and O–H groups in total. The Labute approximate surface area is 173 Å². The van der Waals surface area contributed by atoms with Crippen molar-refractivity contribution in [3.05, 3.63) is 81.5 Å². The smallest absolute Gasteiger partial charge is 0.164 e. The molecule has 0 aliphatic carbocycles. The summed E-state index contributed by atoms with van der Waals surface area (Å²) in [5.41, 5.74) is 4.42. The molecule has 3 heterocycles.